The summed E-state index contributed by atoms with van der Waals surface area (Å²) in [5, 5.41) is 0.521. The van der Waals surface area contributed by atoms with Gasteiger partial charge in [0.2, 0.25) is 10.0 Å². The molecule has 1 aromatic carbocycles. The predicted octanol–water partition coefficient (Wildman–Crippen LogP) is 2.22. The number of hydrogen-bond donors (Lipinski definition) is 0. The van der Waals surface area contributed by atoms with Crippen LogP contribution in [0.5, 0.6) is 5.75 Å². The molecule has 1 fully saturated rings. The molecule has 0 atom stereocenters. The molecule has 1 saturated heterocycles. The number of hydrogen-bond acceptors (Lipinski definition) is 5. The van der Waals surface area contributed by atoms with Crippen molar-refractivity contribution < 1.29 is 17.6 Å². The summed E-state index contributed by atoms with van der Waals surface area (Å²) in [6.45, 7) is 2.96. The number of rotatable bonds is 3. The van der Waals surface area contributed by atoms with Gasteiger partial charge in [0.05, 0.1) is 7.11 Å². The average Bonchev–Trinajstić information content (AvgIpc) is 2.54. The lowest BCUT2D eigenvalue weighted by Crippen LogP contribution is -2.39. The highest BCUT2D eigenvalue weighted by Gasteiger charge is 2.31. The Hall–Kier alpha value is -1.86. The highest BCUT2D eigenvalue weighted by Crippen LogP contribution is 2.27. The first-order valence-electron chi connectivity index (χ1n) is 7.54. The van der Waals surface area contributed by atoms with Gasteiger partial charge in [-0.25, -0.2) is 13.2 Å². The molecule has 124 valence electrons. The molecule has 0 bridgehead atoms. The number of nitrogens with zero attached hydrogens (tertiary/aromatic N) is 1. The lowest BCUT2D eigenvalue weighted by molar-refractivity contribution is 0.287. The van der Waals surface area contributed by atoms with Crippen molar-refractivity contribution in [1.29, 1.82) is 0 Å². The molecular weight excluding hydrogens is 318 g/mol. The van der Waals surface area contributed by atoms with Crippen molar-refractivity contribution in [3.05, 3.63) is 34.7 Å². The zero-order chi connectivity index (χ0) is 16.6. The molecule has 2 aromatic rings. The molecule has 1 aliphatic rings. The number of ether oxygens (including phenoxy) is 1. The van der Waals surface area contributed by atoms with E-state index in [9.17, 15) is 13.2 Å². The predicted molar refractivity (Wildman–Crippen MR) is 86.2 cm³/mol. The maximum absolute atomic E-state index is 12.7. The van der Waals surface area contributed by atoms with Crippen LogP contribution in [-0.4, -0.2) is 32.9 Å². The van der Waals surface area contributed by atoms with Crippen molar-refractivity contribution in [1.82, 2.24) is 4.31 Å². The highest BCUT2D eigenvalue weighted by atomic mass is 32.2. The Morgan fingerprint density at radius 1 is 1.26 bits per heavy atom. The van der Waals surface area contributed by atoms with Crippen LogP contribution in [0.2, 0.25) is 0 Å². The van der Waals surface area contributed by atoms with Crippen molar-refractivity contribution >= 4 is 21.0 Å². The van der Waals surface area contributed by atoms with E-state index in [1.807, 2.05) is 0 Å². The third-order valence-corrected chi connectivity index (χ3v) is 6.16. The van der Waals surface area contributed by atoms with Crippen LogP contribution in [0.25, 0.3) is 11.0 Å². The first kappa shape index (κ1) is 16.0. The topological polar surface area (TPSA) is 76.8 Å². The van der Waals surface area contributed by atoms with Crippen molar-refractivity contribution in [2.45, 2.75) is 24.7 Å². The van der Waals surface area contributed by atoms with Gasteiger partial charge in [0.1, 0.15) is 0 Å². The van der Waals surface area contributed by atoms with E-state index in [1.54, 1.807) is 18.2 Å². The van der Waals surface area contributed by atoms with E-state index in [-0.39, 0.29) is 10.5 Å². The van der Waals surface area contributed by atoms with Gasteiger partial charge in [0, 0.05) is 18.5 Å². The lowest BCUT2D eigenvalue weighted by atomic mass is 10.0. The number of benzene rings is 1. The van der Waals surface area contributed by atoms with Crippen LogP contribution < -0.4 is 10.4 Å². The maximum atomic E-state index is 12.7. The summed E-state index contributed by atoms with van der Waals surface area (Å²) in [6, 6.07) is 6.45. The smallest absolute Gasteiger partial charge is 0.356 e. The van der Waals surface area contributed by atoms with E-state index in [0.717, 1.165) is 12.8 Å². The first-order chi connectivity index (χ1) is 10.9. The van der Waals surface area contributed by atoms with Crippen molar-refractivity contribution in [3.8, 4) is 5.75 Å². The maximum Gasteiger partial charge on any atom is 0.356 e. The molecule has 0 spiro atoms. The summed E-state index contributed by atoms with van der Waals surface area (Å²) in [5.41, 5.74) is -0.605. The van der Waals surface area contributed by atoms with Gasteiger partial charge >= 0.3 is 5.63 Å². The molecule has 6 nitrogen and oxygen atoms in total. The fourth-order valence-corrected chi connectivity index (χ4v) is 4.30. The summed E-state index contributed by atoms with van der Waals surface area (Å²) in [5.74, 6) is 0.897. The summed E-state index contributed by atoms with van der Waals surface area (Å²) in [7, 11) is -2.37. The van der Waals surface area contributed by atoms with E-state index in [0.29, 0.717) is 30.1 Å². The quantitative estimate of drug-likeness (QED) is 0.803. The van der Waals surface area contributed by atoms with E-state index < -0.39 is 15.6 Å². The minimum atomic E-state index is -3.84. The van der Waals surface area contributed by atoms with Gasteiger partial charge in [-0.2, -0.15) is 4.31 Å². The molecule has 3 rings (SSSR count). The largest absolute Gasteiger partial charge is 0.493 e. The number of sulfonamides is 1. The van der Waals surface area contributed by atoms with Gasteiger partial charge in [-0.1, -0.05) is 19.1 Å². The third kappa shape index (κ3) is 2.86. The van der Waals surface area contributed by atoms with E-state index >= 15 is 0 Å². The standard InChI is InChI=1S/C16H19NO5S/c1-11-6-8-17(9-7-11)23(19,20)14-10-12-4-3-5-13(21-2)15(12)22-16(14)18/h3-5,10-11H,6-9H2,1-2H3. The normalized spacial score (nSPS) is 17.5. The number of para-hydroxylation sites is 1. The molecule has 0 saturated carbocycles. The summed E-state index contributed by atoms with van der Waals surface area (Å²) >= 11 is 0. The fourth-order valence-electron chi connectivity index (χ4n) is 2.80. The third-order valence-electron chi connectivity index (χ3n) is 4.27. The SMILES string of the molecule is COc1cccc2cc(S(=O)(=O)N3CCC(C)CC3)c(=O)oc12. The Bertz CT molecular complexity index is 879. The Balaban J connectivity index is 2.09. The zero-order valence-electron chi connectivity index (χ0n) is 13.1. The monoisotopic (exact) mass is 337 g/mol. The van der Waals surface area contributed by atoms with E-state index in [1.165, 1.54) is 17.5 Å². The molecule has 0 unspecified atom stereocenters. The van der Waals surface area contributed by atoms with Crippen LogP contribution in [0.4, 0.5) is 0 Å². The van der Waals surface area contributed by atoms with Gasteiger partial charge in [-0.15, -0.1) is 0 Å². The van der Waals surface area contributed by atoms with Crippen LogP contribution in [0, 0.1) is 5.92 Å². The van der Waals surface area contributed by atoms with Gasteiger partial charge < -0.3 is 9.15 Å². The minimum Gasteiger partial charge on any atom is -0.493 e. The van der Waals surface area contributed by atoms with Crippen LogP contribution >= 0.6 is 0 Å². The van der Waals surface area contributed by atoms with Gasteiger partial charge in [0.25, 0.3) is 0 Å². The minimum absolute atomic E-state index is 0.256. The van der Waals surface area contributed by atoms with Crippen LogP contribution in [0.15, 0.2) is 38.4 Å². The average molecular weight is 337 g/mol. The summed E-state index contributed by atoms with van der Waals surface area (Å²) < 4.78 is 37.2. The molecule has 1 aromatic heterocycles. The Morgan fingerprint density at radius 2 is 1.96 bits per heavy atom. The molecule has 0 N–H and O–H groups in total. The second kappa shape index (κ2) is 5.98. The fraction of sp³-hybridized carbons (Fsp3) is 0.438. The van der Waals surface area contributed by atoms with Gasteiger partial charge in [-0.05, 0) is 30.9 Å². The molecule has 0 aliphatic carbocycles. The van der Waals surface area contributed by atoms with Crippen LogP contribution in [0.1, 0.15) is 19.8 Å². The van der Waals surface area contributed by atoms with Crippen molar-refractivity contribution in [2.75, 3.05) is 20.2 Å². The van der Waals surface area contributed by atoms with Crippen molar-refractivity contribution in [2.24, 2.45) is 5.92 Å². The molecule has 1 aliphatic heterocycles. The van der Waals surface area contributed by atoms with Gasteiger partial charge in [-0.3, -0.25) is 0 Å². The number of fused-ring (bicyclic) bond motifs is 1. The van der Waals surface area contributed by atoms with Crippen molar-refractivity contribution in [3.63, 3.8) is 0 Å². The summed E-state index contributed by atoms with van der Waals surface area (Å²) in [6.07, 6.45) is 1.60. The molecule has 7 heteroatoms. The Morgan fingerprint density at radius 3 is 2.61 bits per heavy atom. The molecule has 0 amide bonds. The van der Waals surface area contributed by atoms with Crippen LogP contribution in [-0.2, 0) is 10.0 Å². The molecule has 2 heterocycles. The summed E-state index contributed by atoms with van der Waals surface area (Å²) in [4.78, 5) is 11.9. The first-order valence-corrected chi connectivity index (χ1v) is 8.98. The second-order valence-corrected chi connectivity index (χ2v) is 7.77. The highest BCUT2D eigenvalue weighted by molar-refractivity contribution is 7.89. The zero-order valence-corrected chi connectivity index (χ0v) is 13.9. The number of methoxy groups -OCH3 is 1. The second-order valence-electron chi connectivity index (χ2n) is 5.86. The Kier molecular flexibility index (Phi) is 4.16. The molecular formula is C16H19NO5S. The Labute approximate surface area is 134 Å². The van der Waals surface area contributed by atoms with Gasteiger partial charge in [0.15, 0.2) is 16.2 Å². The lowest BCUT2D eigenvalue weighted by Gasteiger charge is -2.29. The molecule has 0 radical (unpaired) electrons. The molecule has 23 heavy (non-hydrogen) atoms. The van der Waals surface area contributed by atoms with E-state index in [4.69, 9.17) is 9.15 Å². The van der Waals surface area contributed by atoms with E-state index in [2.05, 4.69) is 6.92 Å². The van der Waals surface area contributed by atoms with Crippen LogP contribution in [0.3, 0.4) is 0 Å². The number of piperidine rings is 1.